The Kier molecular flexibility index (Phi) is 12.6. The molecule has 1 aromatic heterocycles. The molecule has 0 aliphatic heterocycles. The van der Waals surface area contributed by atoms with E-state index in [0.29, 0.717) is 59.0 Å². The zero-order chi connectivity index (χ0) is 18.2. The third-order valence-electron chi connectivity index (χ3n) is 3.41. The highest BCUT2D eigenvalue weighted by molar-refractivity contribution is 5.75. The molecular weight excluding hydrogens is 324 g/mol. The summed E-state index contributed by atoms with van der Waals surface area (Å²) in [6.07, 6.45) is 7.26. The monoisotopic (exact) mass is 354 g/mol. The number of ketones is 1. The number of aromatic nitrogens is 3. The number of hydrogen-bond donors (Lipinski definition) is 1. The van der Waals surface area contributed by atoms with Crippen LogP contribution in [0.5, 0.6) is 0 Å². The number of nitrogens with one attached hydrogen (secondary N) is 1. The Morgan fingerprint density at radius 2 is 1.80 bits per heavy atom. The average molecular weight is 354 g/mol. The van der Waals surface area contributed by atoms with Crippen LogP contribution >= 0.6 is 0 Å². The van der Waals surface area contributed by atoms with Crippen molar-refractivity contribution in [2.75, 3.05) is 39.6 Å². The van der Waals surface area contributed by atoms with Crippen LogP contribution in [-0.2, 0) is 32.0 Å². The van der Waals surface area contributed by atoms with Gasteiger partial charge >= 0.3 is 0 Å². The lowest BCUT2D eigenvalue weighted by Crippen LogP contribution is -2.12. The highest BCUT2D eigenvalue weighted by Crippen LogP contribution is 2.03. The van der Waals surface area contributed by atoms with Gasteiger partial charge in [0.2, 0.25) is 0 Å². The summed E-state index contributed by atoms with van der Waals surface area (Å²) >= 11 is 0. The Balaban J connectivity index is 1.93. The molecule has 142 valence electrons. The summed E-state index contributed by atoms with van der Waals surface area (Å²) in [6, 6.07) is 0. The van der Waals surface area contributed by atoms with Gasteiger partial charge in [0.25, 0.3) is 0 Å². The molecule has 0 spiro atoms. The van der Waals surface area contributed by atoms with Crippen LogP contribution in [-0.4, -0.2) is 66.6 Å². The van der Waals surface area contributed by atoms with E-state index < -0.39 is 0 Å². The van der Waals surface area contributed by atoms with E-state index in [4.69, 9.17) is 19.6 Å². The molecule has 0 saturated carbocycles. The van der Waals surface area contributed by atoms with Gasteiger partial charge < -0.3 is 24.4 Å². The third kappa shape index (κ3) is 12.4. The SMILES string of the molecule is CC(=O)CCCCc1cn(CCOCCOCCOCCC=N)nn1. The number of hydrogen-bond acceptors (Lipinski definition) is 7. The molecule has 0 amide bonds. The van der Waals surface area contributed by atoms with Gasteiger partial charge in [-0.1, -0.05) is 5.21 Å². The topological polar surface area (TPSA) is 99.3 Å². The van der Waals surface area contributed by atoms with Crippen molar-refractivity contribution in [3.05, 3.63) is 11.9 Å². The molecule has 1 aromatic rings. The fourth-order valence-electron chi connectivity index (χ4n) is 2.08. The maximum Gasteiger partial charge on any atom is 0.129 e. The Morgan fingerprint density at radius 1 is 1.12 bits per heavy atom. The second-order valence-corrected chi connectivity index (χ2v) is 5.71. The van der Waals surface area contributed by atoms with Crippen molar-refractivity contribution in [1.82, 2.24) is 15.0 Å². The first-order valence-corrected chi connectivity index (χ1v) is 8.83. The molecule has 0 atom stereocenters. The van der Waals surface area contributed by atoms with Crippen LogP contribution < -0.4 is 0 Å². The molecule has 1 N–H and O–H groups in total. The van der Waals surface area contributed by atoms with Gasteiger partial charge in [0.15, 0.2) is 0 Å². The Labute approximate surface area is 149 Å². The van der Waals surface area contributed by atoms with Crippen molar-refractivity contribution in [3.63, 3.8) is 0 Å². The van der Waals surface area contributed by atoms with Gasteiger partial charge in [0.05, 0.1) is 51.9 Å². The Hall–Kier alpha value is -1.64. The van der Waals surface area contributed by atoms with Crippen LogP contribution in [0.3, 0.4) is 0 Å². The first-order valence-electron chi connectivity index (χ1n) is 8.83. The molecule has 1 rings (SSSR count). The van der Waals surface area contributed by atoms with Crippen molar-refractivity contribution in [3.8, 4) is 0 Å². The number of carbonyl (C=O) groups is 1. The molecule has 8 heteroatoms. The number of rotatable bonds is 17. The first-order chi connectivity index (χ1) is 12.2. The van der Waals surface area contributed by atoms with Crippen LogP contribution in [0.2, 0.25) is 0 Å². The summed E-state index contributed by atoms with van der Waals surface area (Å²) in [4.78, 5) is 10.9. The van der Waals surface area contributed by atoms with Gasteiger partial charge in [-0.15, -0.1) is 5.10 Å². The predicted octanol–water partition coefficient (Wildman–Crippen LogP) is 1.67. The van der Waals surface area contributed by atoms with Gasteiger partial charge in [-0.05, 0) is 32.4 Å². The molecule has 1 heterocycles. The zero-order valence-electron chi connectivity index (χ0n) is 15.1. The number of nitrogens with zero attached hydrogens (tertiary/aromatic N) is 3. The van der Waals surface area contributed by atoms with E-state index in [-0.39, 0.29) is 5.78 Å². The summed E-state index contributed by atoms with van der Waals surface area (Å²) < 4.78 is 17.9. The van der Waals surface area contributed by atoms with E-state index in [0.717, 1.165) is 25.0 Å². The summed E-state index contributed by atoms with van der Waals surface area (Å²) in [6.45, 7) is 5.56. The molecule has 25 heavy (non-hydrogen) atoms. The van der Waals surface area contributed by atoms with Crippen molar-refractivity contribution in [1.29, 1.82) is 5.41 Å². The minimum absolute atomic E-state index is 0.236. The minimum atomic E-state index is 0.236. The maximum absolute atomic E-state index is 10.9. The standard InChI is InChI=1S/C17H30N4O4/c1-16(22)5-2-3-6-17-15-21(20-19-17)8-10-24-12-14-25-13-11-23-9-4-7-18/h7,15,18H,2-6,8-14H2,1H3. The van der Waals surface area contributed by atoms with E-state index >= 15 is 0 Å². The largest absolute Gasteiger partial charge is 0.379 e. The molecule has 0 bridgehead atoms. The number of carbonyl (C=O) groups excluding carboxylic acids is 1. The van der Waals surface area contributed by atoms with Gasteiger partial charge in [0.1, 0.15) is 5.78 Å². The molecule has 0 aliphatic rings. The van der Waals surface area contributed by atoms with E-state index in [1.54, 1.807) is 11.6 Å². The van der Waals surface area contributed by atoms with E-state index in [1.165, 1.54) is 6.21 Å². The van der Waals surface area contributed by atoms with E-state index in [9.17, 15) is 4.79 Å². The van der Waals surface area contributed by atoms with Gasteiger partial charge in [0, 0.05) is 19.0 Å². The van der Waals surface area contributed by atoms with Gasteiger partial charge in [-0.25, -0.2) is 4.68 Å². The summed E-state index contributed by atoms with van der Waals surface area (Å²) in [7, 11) is 0. The fourth-order valence-corrected chi connectivity index (χ4v) is 2.08. The summed E-state index contributed by atoms with van der Waals surface area (Å²) in [5, 5.41) is 15.0. The van der Waals surface area contributed by atoms with Crippen LogP contribution in [0.25, 0.3) is 0 Å². The van der Waals surface area contributed by atoms with Crippen molar-refractivity contribution in [2.24, 2.45) is 0 Å². The molecule has 0 aromatic carbocycles. The number of Topliss-reactive ketones (excluding diaryl/α,β-unsaturated/α-hetero) is 1. The number of unbranched alkanes of at least 4 members (excludes halogenated alkanes) is 1. The second kappa shape index (κ2) is 14.7. The third-order valence-corrected chi connectivity index (χ3v) is 3.41. The van der Waals surface area contributed by atoms with Crippen LogP contribution in [0.4, 0.5) is 0 Å². The highest BCUT2D eigenvalue weighted by Gasteiger charge is 2.02. The molecule has 0 radical (unpaired) electrons. The molecule has 0 fully saturated rings. The highest BCUT2D eigenvalue weighted by atomic mass is 16.5. The number of ether oxygens (including phenoxy) is 3. The molecular formula is C17H30N4O4. The summed E-state index contributed by atoms with van der Waals surface area (Å²) in [5.41, 5.74) is 0.954. The van der Waals surface area contributed by atoms with Crippen LogP contribution in [0, 0.1) is 5.41 Å². The Bertz CT molecular complexity index is 479. The van der Waals surface area contributed by atoms with E-state index in [1.807, 2.05) is 6.20 Å². The van der Waals surface area contributed by atoms with Crippen molar-refractivity contribution < 1.29 is 19.0 Å². The van der Waals surface area contributed by atoms with E-state index in [2.05, 4.69) is 10.3 Å². The zero-order valence-corrected chi connectivity index (χ0v) is 15.1. The molecule has 0 unspecified atom stereocenters. The lowest BCUT2D eigenvalue weighted by Gasteiger charge is -2.06. The van der Waals surface area contributed by atoms with Gasteiger partial charge in [-0.2, -0.15) is 0 Å². The van der Waals surface area contributed by atoms with Crippen LogP contribution in [0.15, 0.2) is 6.20 Å². The maximum atomic E-state index is 10.9. The van der Waals surface area contributed by atoms with Crippen LogP contribution in [0.1, 0.15) is 38.3 Å². The van der Waals surface area contributed by atoms with Crippen molar-refractivity contribution in [2.45, 2.75) is 45.6 Å². The Morgan fingerprint density at radius 3 is 2.48 bits per heavy atom. The number of aryl methyl sites for hydroxylation is 1. The van der Waals surface area contributed by atoms with Crippen molar-refractivity contribution >= 4 is 12.0 Å². The van der Waals surface area contributed by atoms with Gasteiger partial charge in [-0.3, -0.25) is 0 Å². The smallest absolute Gasteiger partial charge is 0.129 e. The molecule has 0 saturated heterocycles. The molecule has 8 nitrogen and oxygen atoms in total. The first kappa shape index (κ1) is 21.4. The summed E-state index contributed by atoms with van der Waals surface area (Å²) in [5.74, 6) is 0.236. The molecule has 0 aliphatic carbocycles. The normalized spacial score (nSPS) is 10.9. The lowest BCUT2D eigenvalue weighted by atomic mass is 10.1. The predicted molar refractivity (Wildman–Crippen MR) is 94.1 cm³/mol. The second-order valence-electron chi connectivity index (χ2n) is 5.71. The lowest BCUT2D eigenvalue weighted by molar-refractivity contribution is -0.117. The quantitative estimate of drug-likeness (QED) is 0.337. The fraction of sp³-hybridized carbons (Fsp3) is 0.765. The average Bonchev–Trinajstić information content (AvgIpc) is 3.04. The minimum Gasteiger partial charge on any atom is -0.379 e.